The Balaban J connectivity index is 0.00000182. The van der Waals surface area contributed by atoms with Crippen molar-refractivity contribution in [3.05, 3.63) is 54.6 Å². The van der Waals surface area contributed by atoms with Crippen LogP contribution in [0.3, 0.4) is 0 Å². The van der Waals surface area contributed by atoms with E-state index in [9.17, 15) is 8.42 Å². The average Bonchev–Trinajstić information content (AvgIpc) is 3.07. The number of fused-ring (bicyclic) bond motifs is 1. The monoisotopic (exact) mass is 379 g/mol. The molecule has 25 heavy (non-hydrogen) atoms. The smallest absolute Gasteiger partial charge is 0.245 e. The minimum Gasteiger partial charge on any atom is -0.345 e. The molecule has 1 saturated heterocycles. The minimum atomic E-state index is -3.65. The molecule has 1 atom stereocenters. The van der Waals surface area contributed by atoms with Gasteiger partial charge in [0.05, 0.1) is 6.04 Å². The number of H-pyrrole nitrogens is 1. The molecule has 0 bridgehead atoms. The summed E-state index contributed by atoms with van der Waals surface area (Å²) in [5.41, 5.74) is 1.45. The molecule has 1 unspecified atom stereocenters. The van der Waals surface area contributed by atoms with Gasteiger partial charge in [-0.25, -0.2) is 13.4 Å². The Morgan fingerprint density at radius 2 is 2.04 bits per heavy atom. The highest BCUT2D eigenvalue weighted by Crippen LogP contribution is 2.31. The Bertz CT molecular complexity index is 961. The minimum absolute atomic E-state index is 0. The van der Waals surface area contributed by atoms with Gasteiger partial charge in [0.15, 0.2) is 0 Å². The fraction of sp³-hybridized carbons (Fsp3) is 0.250. The van der Waals surface area contributed by atoms with Crippen LogP contribution in [0.25, 0.3) is 11.0 Å². The highest BCUT2D eigenvalue weighted by Gasteiger charge is 2.35. The van der Waals surface area contributed by atoms with Gasteiger partial charge in [-0.3, -0.25) is 4.98 Å². The van der Waals surface area contributed by atoms with Crippen LogP contribution in [0.4, 0.5) is 0 Å². The summed E-state index contributed by atoms with van der Waals surface area (Å²) >= 11 is 0. The van der Waals surface area contributed by atoms with E-state index in [0.717, 1.165) is 5.56 Å². The van der Waals surface area contributed by atoms with Crippen molar-refractivity contribution in [3.8, 4) is 0 Å². The molecule has 7 nitrogen and oxygen atoms in total. The normalized spacial score (nSPS) is 18.8. The third-order valence-corrected chi connectivity index (χ3v) is 6.21. The Morgan fingerprint density at radius 1 is 1.20 bits per heavy atom. The van der Waals surface area contributed by atoms with Crippen LogP contribution in [-0.2, 0) is 10.0 Å². The van der Waals surface area contributed by atoms with Crippen LogP contribution < -0.4 is 5.32 Å². The molecule has 3 aromatic heterocycles. The first-order chi connectivity index (χ1) is 11.7. The molecule has 1 aliphatic rings. The molecule has 132 valence electrons. The van der Waals surface area contributed by atoms with Crippen molar-refractivity contribution in [1.29, 1.82) is 0 Å². The number of aromatic amines is 1. The van der Waals surface area contributed by atoms with E-state index in [1.54, 1.807) is 35.0 Å². The number of hydrogen-bond acceptors (Lipinski definition) is 5. The van der Waals surface area contributed by atoms with Crippen molar-refractivity contribution in [3.63, 3.8) is 0 Å². The van der Waals surface area contributed by atoms with E-state index in [-0.39, 0.29) is 23.3 Å². The fourth-order valence-corrected chi connectivity index (χ4v) is 4.87. The Labute approximate surface area is 151 Å². The van der Waals surface area contributed by atoms with E-state index < -0.39 is 10.0 Å². The number of sulfonamides is 1. The first-order valence-electron chi connectivity index (χ1n) is 7.72. The number of hydrogen-bond donors (Lipinski definition) is 2. The van der Waals surface area contributed by atoms with Crippen molar-refractivity contribution in [2.24, 2.45) is 0 Å². The standard InChI is InChI=1S/C16H17N5O2S.ClH/c22-24(23,15-11-20-16-13(15)4-2-6-19-16)21-8-7-18-10-14(21)12-3-1-5-17-9-12;/h1-6,9,11,14,18H,7-8,10H2,(H,19,20);1H. The number of aromatic nitrogens is 3. The molecule has 9 heteroatoms. The van der Waals surface area contributed by atoms with Crippen LogP contribution >= 0.6 is 12.4 Å². The third kappa shape index (κ3) is 3.13. The second kappa shape index (κ2) is 7.09. The highest BCUT2D eigenvalue weighted by molar-refractivity contribution is 7.89. The first kappa shape index (κ1) is 17.8. The van der Waals surface area contributed by atoms with Gasteiger partial charge in [0, 0.05) is 49.8 Å². The first-order valence-corrected chi connectivity index (χ1v) is 9.16. The summed E-state index contributed by atoms with van der Waals surface area (Å²) in [6, 6.07) is 6.96. The SMILES string of the molecule is Cl.O=S(=O)(c1c[nH]c2ncccc12)N1CCNCC1c1cccnc1. The predicted octanol–water partition coefficient (Wildman–Crippen LogP) is 1.71. The number of rotatable bonds is 3. The molecular weight excluding hydrogens is 362 g/mol. The molecule has 0 amide bonds. The summed E-state index contributed by atoms with van der Waals surface area (Å²) in [4.78, 5) is 11.5. The molecule has 1 fully saturated rings. The van der Waals surface area contributed by atoms with E-state index in [2.05, 4.69) is 20.3 Å². The molecule has 4 heterocycles. The van der Waals surface area contributed by atoms with Gasteiger partial charge in [0.2, 0.25) is 10.0 Å². The molecule has 1 aliphatic heterocycles. The number of nitrogens with zero attached hydrogens (tertiary/aromatic N) is 3. The lowest BCUT2D eigenvalue weighted by molar-refractivity contribution is 0.271. The van der Waals surface area contributed by atoms with Gasteiger partial charge in [0.1, 0.15) is 10.5 Å². The lowest BCUT2D eigenvalue weighted by Gasteiger charge is -2.35. The molecule has 4 rings (SSSR count). The van der Waals surface area contributed by atoms with E-state index in [1.165, 1.54) is 6.20 Å². The number of halogens is 1. The van der Waals surface area contributed by atoms with Gasteiger partial charge >= 0.3 is 0 Å². The van der Waals surface area contributed by atoms with Gasteiger partial charge in [-0.1, -0.05) is 6.07 Å². The van der Waals surface area contributed by atoms with Crippen LogP contribution in [0.2, 0.25) is 0 Å². The topological polar surface area (TPSA) is 91.0 Å². The van der Waals surface area contributed by atoms with Gasteiger partial charge < -0.3 is 10.3 Å². The lowest BCUT2D eigenvalue weighted by atomic mass is 10.1. The van der Waals surface area contributed by atoms with Crippen molar-refractivity contribution in [1.82, 2.24) is 24.6 Å². The van der Waals surface area contributed by atoms with Crippen LogP contribution in [-0.4, -0.2) is 47.3 Å². The summed E-state index contributed by atoms with van der Waals surface area (Å²) in [6.07, 6.45) is 6.56. The Kier molecular flexibility index (Phi) is 5.05. The zero-order valence-electron chi connectivity index (χ0n) is 13.3. The predicted molar refractivity (Wildman–Crippen MR) is 97.1 cm³/mol. The summed E-state index contributed by atoms with van der Waals surface area (Å²) in [6.45, 7) is 1.59. The summed E-state index contributed by atoms with van der Waals surface area (Å²) < 4.78 is 28.1. The zero-order chi connectivity index (χ0) is 16.6. The maximum absolute atomic E-state index is 13.3. The largest absolute Gasteiger partial charge is 0.345 e. The number of pyridine rings is 2. The van der Waals surface area contributed by atoms with Crippen LogP contribution in [0.15, 0.2) is 53.9 Å². The van der Waals surface area contributed by atoms with Gasteiger partial charge in [0.25, 0.3) is 0 Å². The number of nitrogens with one attached hydrogen (secondary N) is 2. The van der Waals surface area contributed by atoms with Gasteiger partial charge in [-0.2, -0.15) is 4.31 Å². The van der Waals surface area contributed by atoms with Crippen LogP contribution in [0, 0.1) is 0 Å². The summed E-state index contributed by atoms with van der Waals surface area (Å²) in [7, 11) is -3.65. The maximum atomic E-state index is 13.3. The van der Waals surface area contributed by atoms with E-state index in [0.29, 0.717) is 30.7 Å². The van der Waals surface area contributed by atoms with E-state index in [4.69, 9.17) is 0 Å². The second-order valence-electron chi connectivity index (χ2n) is 5.67. The Morgan fingerprint density at radius 3 is 2.84 bits per heavy atom. The maximum Gasteiger partial charge on any atom is 0.245 e. The van der Waals surface area contributed by atoms with Gasteiger partial charge in [-0.15, -0.1) is 12.4 Å². The average molecular weight is 380 g/mol. The van der Waals surface area contributed by atoms with E-state index >= 15 is 0 Å². The lowest BCUT2D eigenvalue weighted by Crippen LogP contribution is -2.48. The molecule has 0 saturated carbocycles. The molecular formula is C16H18ClN5O2S. The second-order valence-corrected chi connectivity index (χ2v) is 7.53. The molecule has 0 aliphatic carbocycles. The Hall–Kier alpha value is -2.00. The highest BCUT2D eigenvalue weighted by atomic mass is 35.5. The summed E-state index contributed by atoms with van der Waals surface area (Å²) in [5.74, 6) is 0. The van der Waals surface area contributed by atoms with Gasteiger partial charge in [-0.05, 0) is 23.8 Å². The van der Waals surface area contributed by atoms with Crippen molar-refractivity contribution >= 4 is 33.5 Å². The van der Waals surface area contributed by atoms with Crippen molar-refractivity contribution < 1.29 is 8.42 Å². The van der Waals surface area contributed by atoms with Crippen LogP contribution in [0.5, 0.6) is 0 Å². The zero-order valence-corrected chi connectivity index (χ0v) is 14.9. The molecule has 2 N–H and O–H groups in total. The summed E-state index contributed by atoms with van der Waals surface area (Å²) in [5, 5.41) is 3.88. The molecule has 0 spiro atoms. The van der Waals surface area contributed by atoms with Crippen molar-refractivity contribution in [2.75, 3.05) is 19.6 Å². The molecule has 3 aromatic rings. The number of piperazine rings is 1. The molecule has 0 aromatic carbocycles. The fourth-order valence-electron chi connectivity index (χ4n) is 3.10. The third-order valence-electron chi connectivity index (χ3n) is 4.26. The molecule has 0 radical (unpaired) electrons. The quantitative estimate of drug-likeness (QED) is 0.723. The van der Waals surface area contributed by atoms with Crippen LogP contribution in [0.1, 0.15) is 11.6 Å². The van der Waals surface area contributed by atoms with E-state index in [1.807, 2.05) is 12.1 Å². The van der Waals surface area contributed by atoms with Crippen molar-refractivity contribution in [2.45, 2.75) is 10.9 Å².